The summed E-state index contributed by atoms with van der Waals surface area (Å²) in [5.74, 6) is 0. The summed E-state index contributed by atoms with van der Waals surface area (Å²) in [5.41, 5.74) is 0.902. The topological polar surface area (TPSA) is 41.0 Å². The Kier molecular flexibility index (Phi) is 5.47. The molecule has 0 atom stereocenters. The van der Waals surface area contributed by atoms with Crippen molar-refractivity contribution in [3.63, 3.8) is 0 Å². The number of aromatic nitrogens is 2. The summed E-state index contributed by atoms with van der Waals surface area (Å²) in [6.45, 7) is 4.56. The van der Waals surface area contributed by atoms with Crippen LogP contribution in [0.15, 0.2) is 6.07 Å². The summed E-state index contributed by atoms with van der Waals surface area (Å²) >= 11 is 11.6. The van der Waals surface area contributed by atoms with Crippen molar-refractivity contribution in [3.05, 3.63) is 16.4 Å². The maximum atomic E-state index is 5.90. The lowest BCUT2D eigenvalue weighted by atomic mass is 10.4. The third-order valence-corrected chi connectivity index (χ3v) is 3.56. The molecule has 1 aromatic rings. The Morgan fingerprint density at radius 2 is 1.67 bits per heavy atom. The lowest BCUT2D eigenvalue weighted by Gasteiger charge is -2.17. The molecular formula is C12H18Cl2N4. The normalized spacial score (nSPS) is 18.7. The first-order chi connectivity index (χ1) is 8.77. The Bertz CT molecular complexity index is 369. The molecular weight excluding hydrogens is 271 g/mol. The minimum absolute atomic E-state index is 0.395. The van der Waals surface area contributed by atoms with Gasteiger partial charge in [-0.2, -0.15) is 0 Å². The van der Waals surface area contributed by atoms with Crippen LogP contribution in [-0.4, -0.2) is 36.4 Å². The summed E-state index contributed by atoms with van der Waals surface area (Å²) in [5, 5.41) is 11.5. The number of hydrogen-bond acceptors (Lipinski definition) is 4. The van der Waals surface area contributed by atoms with Crippen LogP contribution in [0.2, 0.25) is 10.3 Å². The first kappa shape index (κ1) is 13.8. The van der Waals surface area contributed by atoms with E-state index >= 15 is 0 Å². The summed E-state index contributed by atoms with van der Waals surface area (Å²) in [4.78, 5) is 2.18. The highest BCUT2D eigenvalue weighted by molar-refractivity contribution is 6.33. The zero-order chi connectivity index (χ0) is 12.8. The van der Waals surface area contributed by atoms with E-state index < -0.39 is 0 Å². The van der Waals surface area contributed by atoms with Gasteiger partial charge in [-0.15, -0.1) is 10.2 Å². The molecule has 0 aromatic carbocycles. The van der Waals surface area contributed by atoms with Gasteiger partial charge in [-0.05, 0) is 38.8 Å². The first-order valence-electron chi connectivity index (χ1n) is 6.42. The van der Waals surface area contributed by atoms with Gasteiger partial charge in [0.05, 0.1) is 5.69 Å². The molecule has 2 fully saturated rings. The smallest absolute Gasteiger partial charge is 0.175 e. The van der Waals surface area contributed by atoms with Crippen molar-refractivity contribution in [1.82, 2.24) is 15.5 Å². The highest BCUT2D eigenvalue weighted by atomic mass is 35.5. The Labute approximate surface area is 118 Å². The zero-order valence-corrected chi connectivity index (χ0v) is 11.8. The zero-order valence-electron chi connectivity index (χ0n) is 10.3. The van der Waals surface area contributed by atoms with Crippen LogP contribution in [0.25, 0.3) is 0 Å². The largest absolute Gasteiger partial charge is 0.369 e. The number of nitrogens with one attached hydrogen (secondary N) is 1. The van der Waals surface area contributed by atoms with Gasteiger partial charge in [-0.1, -0.05) is 23.2 Å². The minimum atomic E-state index is 0.395. The third kappa shape index (κ3) is 3.97. The number of anilines is 1. The van der Waals surface area contributed by atoms with E-state index in [1.165, 1.54) is 38.8 Å². The molecule has 0 amide bonds. The average molecular weight is 289 g/mol. The molecule has 3 heterocycles. The highest BCUT2D eigenvalue weighted by Crippen LogP contribution is 2.27. The molecule has 0 unspecified atom stereocenters. The molecule has 0 aliphatic carbocycles. The van der Waals surface area contributed by atoms with Gasteiger partial charge in [0.1, 0.15) is 0 Å². The van der Waals surface area contributed by atoms with Crippen molar-refractivity contribution in [2.45, 2.75) is 25.7 Å². The lowest BCUT2D eigenvalue weighted by Crippen LogP contribution is -2.18. The van der Waals surface area contributed by atoms with Crippen LogP contribution in [0.3, 0.4) is 0 Å². The van der Waals surface area contributed by atoms with E-state index in [-0.39, 0.29) is 0 Å². The number of hydrogen-bond donors (Lipinski definition) is 1. The molecule has 3 rings (SSSR count). The fraction of sp³-hybridized carbons (Fsp3) is 0.667. The summed E-state index contributed by atoms with van der Waals surface area (Å²) in [6.07, 6.45) is 5.19. The summed E-state index contributed by atoms with van der Waals surface area (Å²) in [7, 11) is 0. The van der Waals surface area contributed by atoms with Gasteiger partial charge < -0.3 is 10.2 Å². The van der Waals surface area contributed by atoms with Gasteiger partial charge in [0.2, 0.25) is 0 Å². The Morgan fingerprint density at radius 1 is 1.00 bits per heavy atom. The van der Waals surface area contributed by atoms with Crippen LogP contribution >= 0.6 is 23.2 Å². The average Bonchev–Trinajstić information content (AvgIpc) is 3.07. The quantitative estimate of drug-likeness (QED) is 0.863. The van der Waals surface area contributed by atoms with Crippen molar-refractivity contribution in [2.75, 3.05) is 31.1 Å². The van der Waals surface area contributed by atoms with Crippen LogP contribution in [0.4, 0.5) is 5.69 Å². The molecule has 0 saturated carbocycles. The van der Waals surface area contributed by atoms with E-state index in [1.54, 1.807) is 6.07 Å². The molecule has 18 heavy (non-hydrogen) atoms. The number of rotatable bonds is 1. The van der Waals surface area contributed by atoms with E-state index in [0.717, 1.165) is 18.8 Å². The fourth-order valence-electron chi connectivity index (χ4n) is 2.15. The second-order valence-electron chi connectivity index (χ2n) is 4.49. The highest BCUT2D eigenvalue weighted by Gasteiger charge is 2.16. The first-order valence-corrected chi connectivity index (χ1v) is 7.17. The molecule has 0 spiro atoms. The van der Waals surface area contributed by atoms with Gasteiger partial charge in [-0.25, -0.2) is 0 Å². The molecule has 6 heteroatoms. The van der Waals surface area contributed by atoms with Gasteiger partial charge in [0.25, 0.3) is 0 Å². The maximum Gasteiger partial charge on any atom is 0.175 e. The minimum Gasteiger partial charge on any atom is -0.369 e. The van der Waals surface area contributed by atoms with Gasteiger partial charge in [0.15, 0.2) is 10.3 Å². The van der Waals surface area contributed by atoms with Crippen LogP contribution in [0, 0.1) is 0 Å². The Hall–Kier alpha value is -0.580. The van der Waals surface area contributed by atoms with E-state index in [1.807, 2.05) is 0 Å². The van der Waals surface area contributed by atoms with E-state index in [2.05, 4.69) is 20.4 Å². The predicted molar refractivity (Wildman–Crippen MR) is 75.6 cm³/mol. The molecule has 1 N–H and O–H groups in total. The van der Waals surface area contributed by atoms with Gasteiger partial charge in [0, 0.05) is 19.2 Å². The fourth-order valence-corrected chi connectivity index (χ4v) is 2.50. The second-order valence-corrected chi connectivity index (χ2v) is 5.24. The molecule has 2 saturated heterocycles. The van der Waals surface area contributed by atoms with Gasteiger partial charge >= 0.3 is 0 Å². The van der Waals surface area contributed by atoms with Crippen LogP contribution < -0.4 is 10.2 Å². The van der Waals surface area contributed by atoms with Crippen molar-refractivity contribution in [3.8, 4) is 0 Å². The van der Waals surface area contributed by atoms with E-state index in [0.29, 0.717) is 10.3 Å². The second kappa shape index (κ2) is 7.12. The standard InChI is InChI=1S/C8H9Cl2N3.C4H9N/c9-7-5-6(8(10)12-11-7)13-3-1-2-4-13;1-2-4-5-3-1/h5H,1-4H2;5H,1-4H2. The predicted octanol–water partition coefficient (Wildman–Crippen LogP) is 2.75. The van der Waals surface area contributed by atoms with Crippen molar-refractivity contribution < 1.29 is 0 Å². The van der Waals surface area contributed by atoms with Crippen molar-refractivity contribution in [2.24, 2.45) is 0 Å². The van der Waals surface area contributed by atoms with E-state index in [9.17, 15) is 0 Å². The van der Waals surface area contributed by atoms with Crippen LogP contribution in [0.1, 0.15) is 25.7 Å². The SMILES string of the molecule is C1CCNC1.Clc1cc(N2CCCC2)c(Cl)nn1. The third-order valence-electron chi connectivity index (χ3n) is 3.10. The monoisotopic (exact) mass is 288 g/mol. The molecule has 1 aromatic heterocycles. The molecule has 2 aliphatic rings. The van der Waals surface area contributed by atoms with Crippen molar-refractivity contribution in [1.29, 1.82) is 0 Å². The molecule has 4 nitrogen and oxygen atoms in total. The van der Waals surface area contributed by atoms with Crippen LogP contribution in [-0.2, 0) is 0 Å². The molecule has 0 bridgehead atoms. The molecule has 2 aliphatic heterocycles. The summed E-state index contributed by atoms with van der Waals surface area (Å²) < 4.78 is 0. The lowest BCUT2D eigenvalue weighted by molar-refractivity contribution is 0.857. The van der Waals surface area contributed by atoms with Crippen molar-refractivity contribution >= 4 is 28.9 Å². The Balaban J connectivity index is 0.000000202. The molecule has 100 valence electrons. The van der Waals surface area contributed by atoms with E-state index in [4.69, 9.17) is 23.2 Å². The summed E-state index contributed by atoms with van der Waals surface area (Å²) in [6, 6.07) is 1.77. The Morgan fingerprint density at radius 3 is 2.22 bits per heavy atom. The number of nitrogens with zero attached hydrogens (tertiary/aromatic N) is 3. The maximum absolute atomic E-state index is 5.90. The number of halogens is 2. The van der Waals surface area contributed by atoms with Gasteiger partial charge in [-0.3, -0.25) is 0 Å². The molecule has 0 radical (unpaired) electrons. The van der Waals surface area contributed by atoms with Crippen LogP contribution in [0.5, 0.6) is 0 Å².